The number of halogens is 3. The van der Waals surface area contributed by atoms with E-state index in [0.29, 0.717) is 13.0 Å². The fraction of sp³-hybridized carbons (Fsp3) is 0.909. The molecule has 1 heterocycles. The minimum absolute atomic E-state index is 0.242. The highest BCUT2D eigenvalue weighted by atomic mass is 19.4. The number of rotatable bonds is 5. The molecule has 3 nitrogen and oxygen atoms in total. The summed E-state index contributed by atoms with van der Waals surface area (Å²) in [5, 5.41) is 5.51. The van der Waals surface area contributed by atoms with Crippen LogP contribution in [0.5, 0.6) is 0 Å². The second kappa shape index (κ2) is 5.71. The SMILES string of the molecule is CCCC1(C(=O)NCCC(F)(F)F)CCNC1. The molecule has 1 aliphatic rings. The van der Waals surface area contributed by atoms with Crippen molar-refractivity contribution in [3.8, 4) is 0 Å². The molecular weight excluding hydrogens is 233 g/mol. The topological polar surface area (TPSA) is 41.1 Å². The van der Waals surface area contributed by atoms with E-state index in [9.17, 15) is 18.0 Å². The maximum atomic E-state index is 12.0. The molecule has 0 saturated carbocycles. The molecule has 2 N–H and O–H groups in total. The fourth-order valence-electron chi connectivity index (χ4n) is 2.25. The molecule has 0 aromatic heterocycles. The minimum Gasteiger partial charge on any atom is -0.355 e. The summed E-state index contributed by atoms with van der Waals surface area (Å²) in [4.78, 5) is 11.9. The van der Waals surface area contributed by atoms with Crippen molar-refractivity contribution < 1.29 is 18.0 Å². The van der Waals surface area contributed by atoms with Gasteiger partial charge in [0.1, 0.15) is 0 Å². The highest BCUT2D eigenvalue weighted by Crippen LogP contribution is 2.31. The number of alkyl halides is 3. The number of hydrogen-bond donors (Lipinski definition) is 2. The van der Waals surface area contributed by atoms with Gasteiger partial charge in [-0.25, -0.2) is 0 Å². The first-order chi connectivity index (χ1) is 7.90. The van der Waals surface area contributed by atoms with Crippen LogP contribution in [-0.2, 0) is 4.79 Å². The lowest BCUT2D eigenvalue weighted by atomic mass is 9.81. The largest absolute Gasteiger partial charge is 0.390 e. The molecule has 0 aliphatic carbocycles. The highest BCUT2D eigenvalue weighted by Gasteiger charge is 2.40. The number of nitrogens with one attached hydrogen (secondary N) is 2. The van der Waals surface area contributed by atoms with Gasteiger partial charge in [-0.15, -0.1) is 0 Å². The van der Waals surface area contributed by atoms with Gasteiger partial charge in [0.25, 0.3) is 0 Å². The molecule has 17 heavy (non-hydrogen) atoms. The summed E-state index contributed by atoms with van der Waals surface area (Å²) < 4.78 is 35.9. The molecule has 6 heteroatoms. The molecule has 0 bridgehead atoms. The Morgan fingerprint density at radius 3 is 2.65 bits per heavy atom. The first-order valence-corrected chi connectivity index (χ1v) is 5.95. The van der Waals surface area contributed by atoms with Gasteiger partial charge in [-0.1, -0.05) is 13.3 Å². The lowest BCUT2D eigenvalue weighted by Crippen LogP contribution is -2.43. The summed E-state index contributed by atoms with van der Waals surface area (Å²) in [6.07, 6.45) is -2.89. The van der Waals surface area contributed by atoms with Gasteiger partial charge in [-0.2, -0.15) is 13.2 Å². The number of carbonyl (C=O) groups is 1. The van der Waals surface area contributed by atoms with Crippen molar-refractivity contribution in [2.75, 3.05) is 19.6 Å². The average molecular weight is 252 g/mol. The van der Waals surface area contributed by atoms with Crippen LogP contribution in [-0.4, -0.2) is 31.7 Å². The van der Waals surface area contributed by atoms with E-state index in [1.54, 1.807) is 0 Å². The third-order valence-electron chi connectivity index (χ3n) is 3.15. The van der Waals surface area contributed by atoms with Crippen LogP contribution in [0.25, 0.3) is 0 Å². The third-order valence-corrected chi connectivity index (χ3v) is 3.15. The van der Waals surface area contributed by atoms with Gasteiger partial charge in [0.05, 0.1) is 11.8 Å². The average Bonchev–Trinajstić information content (AvgIpc) is 2.66. The Hall–Kier alpha value is -0.780. The second-order valence-electron chi connectivity index (χ2n) is 4.58. The van der Waals surface area contributed by atoms with Crippen molar-refractivity contribution in [3.63, 3.8) is 0 Å². The molecule has 1 aliphatic heterocycles. The van der Waals surface area contributed by atoms with Crippen LogP contribution in [0.1, 0.15) is 32.6 Å². The quantitative estimate of drug-likeness (QED) is 0.784. The molecule has 1 unspecified atom stereocenters. The summed E-state index contributed by atoms with van der Waals surface area (Å²) in [5.41, 5.74) is -0.500. The van der Waals surface area contributed by atoms with Crippen molar-refractivity contribution in [2.45, 2.75) is 38.8 Å². The van der Waals surface area contributed by atoms with Gasteiger partial charge in [-0.3, -0.25) is 4.79 Å². The normalized spacial score (nSPS) is 24.9. The molecule has 1 saturated heterocycles. The Bertz CT molecular complexity index is 260. The molecule has 0 aromatic rings. The highest BCUT2D eigenvalue weighted by molar-refractivity contribution is 5.83. The molecule has 1 amide bonds. The predicted molar refractivity (Wildman–Crippen MR) is 58.5 cm³/mol. The van der Waals surface area contributed by atoms with Gasteiger partial charge >= 0.3 is 6.18 Å². The van der Waals surface area contributed by atoms with Gasteiger partial charge in [0.15, 0.2) is 0 Å². The number of hydrogen-bond acceptors (Lipinski definition) is 2. The molecule has 0 radical (unpaired) electrons. The van der Waals surface area contributed by atoms with E-state index in [-0.39, 0.29) is 12.5 Å². The van der Waals surface area contributed by atoms with Gasteiger partial charge in [0.2, 0.25) is 5.91 Å². The van der Waals surface area contributed by atoms with Crippen LogP contribution >= 0.6 is 0 Å². The standard InChI is InChI=1S/C11H19F3N2O/c1-2-3-10(4-6-15-8-10)9(17)16-7-5-11(12,13)14/h15H,2-8H2,1H3,(H,16,17). The Balaban J connectivity index is 2.44. The smallest absolute Gasteiger partial charge is 0.355 e. The maximum absolute atomic E-state index is 12.0. The monoisotopic (exact) mass is 252 g/mol. The molecule has 100 valence electrons. The van der Waals surface area contributed by atoms with Crippen molar-refractivity contribution >= 4 is 5.91 Å². The van der Waals surface area contributed by atoms with Crippen LogP contribution in [0.4, 0.5) is 13.2 Å². The minimum atomic E-state index is -4.21. The van der Waals surface area contributed by atoms with E-state index in [1.165, 1.54) is 0 Å². The van der Waals surface area contributed by atoms with E-state index in [1.807, 2.05) is 6.92 Å². The first kappa shape index (κ1) is 14.3. The Morgan fingerprint density at radius 1 is 1.47 bits per heavy atom. The maximum Gasteiger partial charge on any atom is 0.390 e. The summed E-state index contributed by atoms with van der Waals surface area (Å²) in [5.74, 6) is -0.242. The van der Waals surface area contributed by atoms with E-state index < -0.39 is 18.0 Å². The van der Waals surface area contributed by atoms with Gasteiger partial charge in [-0.05, 0) is 19.4 Å². The molecule has 1 fully saturated rings. The van der Waals surface area contributed by atoms with Gasteiger partial charge < -0.3 is 10.6 Å². The summed E-state index contributed by atoms with van der Waals surface area (Å²) in [6, 6.07) is 0. The van der Waals surface area contributed by atoms with Gasteiger partial charge in [0, 0.05) is 13.1 Å². The number of carbonyl (C=O) groups excluding carboxylic acids is 1. The Morgan fingerprint density at radius 2 is 2.18 bits per heavy atom. The molecule has 1 atom stereocenters. The van der Waals surface area contributed by atoms with Crippen molar-refractivity contribution in [2.24, 2.45) is 5.41 Å². The second-order valence-corrected chi connectivity index (χ2v) is 4.58. The summed E-state index contributed by atoms with van der Waals surface area (Å²) in [6.45, 7) is 2.97. The van der Waals surface area contributed by atoms with E-state index in [2.05, 4.69) is 10.6 Å². The molecule has 0 spiro atoms. The third kappa shape index (κ3) is 4.18. The van der Waals surface area contributed by atoms with Crippen LogP contribution in [0.15, 0.2) is 0 Å². The van der Waals surface area contributed by atoms with Crippen LogP contribution in [0, 0.1) is 5.41 Å². The zero-order valence-corrected chi connectivity index (χ0v) is 9.99. The fourth-order valence-corrected chi connectivity index (χ4v) is 2.25. The van der Waals surface area contributed by atoms with Crippen molar-refractivity contribution in [1.82, 2.24) is 10.6 Å². The van der Waals surface area contributed by atoms with Crippen molar-refractivity contribution in [3.05, 3.63) is 0 Å². The van der Waals surface area contributed by atoms with Crippen LogP contribution in [0.2, 0.25) is 0 Å². The molecule has 1 rings (SSSR count). The zero-order valence-electron chi connectivity index (χ0n) is 9.99. The van der Waals surface area contributed by atoms with E-state index >= 15 is 0 Å². The van der Waals surface area contributed by atoms with E-state index in [4.69, 9.17) is 0 Å². The summed E-state index contributed by atoms with van der Waals surface area (Å²) in [7, 11) is 0. The summed E-state index contributed by atoms with van der Waals surface area (Å²) >= 11 is 0. The van der Waals surface area contributed by atoms with Crippen molar-refractivity contribution in [1.29, 1.82) is 0 Å². The lowest BCUT2D eigenvalue weighted by molar-refractivity contribution is -0.138. The Labute approximate surface area is 99.1 Å². The van der Waals surface area contributed by atoms with Crippen LogP contribution in [0.3, 0.4) is 0 Å². The number of amides is 1. The van der Waals surface area contributed by atoms with Crippen LogP contribution < -0.4 is 10.6 Å². The molecular formula is C11H19F3N2O. The Kier molecular flexibility index (Phi) is 4.80. The first-order valence-electron chi connectivity index (χ1n) is 5.95. The lowest BCUT2D eigenvalue weighted by Gasteiger charge is -2.26. The zero-order chi connectivity index (χ0) is 12.9. The molecule has 0 aromatic carbocycles. The van der Waals surface area contributed by atoms with E-state index in [0.717, 1.165) is 19.4 Å². The predicted octanol–water partition coefficient (Wildman–Crippen LogP) is 1.83.